The number of fused-ring (bicyclic) bond motifs is 1. The quantitative estimate of drug-likeness (QED) is 0.473. The van der Waals surface area contributed by atoms with Gasteiger partial charge in [0.1, 0.15) is 0 Å². The molecular weight excluding hydrogens is 375 g/mol. The van der Waals surface area contributed by atoms with Crippen LogP contribution in [0.25, 0.3) is 10.9 Å². The Bertz CT molecular complexity index is 590. The number of guanidine groups is 1. The predicted molar refractivity (Wildman–Crippen MR) is 100 cm³/mol. The fraction of sp³-hybridized carbons (Fsp3) is 0.375. The van der Waals surface area contributed by atoms with Crippen LogP contribution in [-0.4, -0.2) is 24.5 Å². The Morgan fingerprint density at radius 3 is 2.67 bits per heavy atom. The second-order valence-corrected chi connectivity index (χ2v) is 5.19. The summed E-state index contributed by atoms with van der Waals surface area (Å²) in [4.78, 5) is 8.61. The first kappa shape index (κ1) is 17.7. The van der Waals surface area contributed by atoms with Crippen LogP contribution in [0.15, 0.2) is 41.5 Å². The molecule has 0 amide bonds. The van der Waals surface area contributed by atoms with Gasteiger partial charge >= 0.3 is 0 Å². The van der Waals surface area contributed by atoms with Crippen molar-refractivity contribution in [3.8, 4) is 0 Å². The molecule has 0 saturated carbocycles. The van der Waals surface area contributed by atoms with E-state index in [1.807, 2.05) is 30.5 Å². The number of rotatable bonds is 4. The molecule has 1 aromatic carbocycles. The summed E-state index contributed by atoms with van der Waals surface area (Å²) < 4.78 is 0. The van der Waals surface area contributed by atoms with Crippen LogP contribution in [0.4, 0.5) is 0 Å². The Labute approximate surface area is 143 Å². The molecule has 2 rings (SSSR count). The zero-order chi connectivity index (χ0) is 14.4. The topological polar surface area (TPSA) is 49.3 Å². The number of nitrogens with zero attached hydrogens (tertiary/aromatic N) is 2. The van der Waals surface area contributed by atoms with Gasteiger partial charge in [0.05, 0.1) is 5.52 Å². The van der Waals surface area contributed by atoms with Crippen molar-refractivity contribution in [2.45, 2.75) is 20.4 Å². The number of nitrogens with one attached hydrogen (secondary N) is 2. The maximum Gasteiger partial charge on any atom is 0.191 e. The molecule has 0 unspecified atom stereocenters. The van der Waals surface area contributed by atoms with Gasteiger partial charge in [0, 0.05) is 31.7 Å². The van der Waals surface area contributed by atoms with E-state index in [9.17, 15) is 0 Å². The zero-order valence-corrected chi connectivity index (χ0v) is 15.1. The first-order chi connectivity index (χ1) is 9.70. The van der Waals surface area contributed by atoms with Crippen LogP contribution in [0.2, 0.25) is 0 Å². The van der Waals surface area contributed by atoms with Crippen molar-refractivity contribution in [3.63, 3.8) is 0 Å². The highest BCUT2D eigenvalue weighted by molar-refractivity contribution is 14.0. The van der Waals surface area contributed by atoms with Gasteiger partial charge in [-0.3, -0.25) is 9.98 Å². The molecule has 5 heteroatoms. The van der Waals surface area contributed by atoms with Gasteiger partial charge in [-0.1, -0.05) is 32.0 Å². The van der Waals surface area contributed by atoms with Gasteiger partial charge in [-0.15, -0.1) is 24.0 Å². The largest absolute Gasteiger partial charge is 0.356 e. The van der Waals surface area contributed by atoms with Crippen LogP contribution in [0.3, 0.4) is 0 Å². The molecule has 0 aliphatic rings. The minimum Gasteiger partial charge on any atom is -0.356 e. The Hall–Kier alpha value is -1.37. The first-order valence-corrected chi connectivity index (χ1v) is 6.98. The van der Waals surface area contributed by atoms with Crippen molar-refractivity contribution >= 4 is 40.8 Å². The van der Waals surface area contributed by atoms with Crippen molar-refractivity contribution in [2.24, 2.45) is 10.9 Å². The van der Waals surface area contributed by atoms with Crippen molar-refractivity contribution in [1.29, 1.82) is 0 Å². The van der Waals surface area contributed by atoms with E-state index < -0.39 is 0 Å². The van der Waals surface area contributed by atoms with Crippen LogP contribution < -0.4 is 10.6 Å². The van der Waals surface area contributed by atoms with Crippen molar-refractivity contribution in [1.82, 2.24) is 15.6 Å². The van der Waals surface area contributed by atoms with E-state index in [1.54, 1.807) is 7.05 Å². The number of halogens is 1. The molecule has 0 saturated heterocycles. The van der Waals surface area contributed by atoms with E-state index >= 15 is 0 Å². The number of aromatic nitrogens is 1. The predicted octanol–water partition coefficient (Wildman–Crippen LogP) is 3.17. The summed E-state index contributed by atoms with van der Waals surface area (Å²) in [6, 6.07) is 10.2. The molecule has 0 aliphatic carbocycles. The van der Waals surface area contributed by atoms with Crippen LogP contribution in [0.5, 0.6) is 0 Å². The summed E-state index contributed by atoms with van der Waals surface area (Å²) >= 11 is 0. The van der Waals surface area contributed by atoms with Crippen LogP contribution in [0, 0.1) is 5.92 Å². The second-order valence-electron chi connectivity index (χ2n) is 5.19. The van der Waals surface area contributed by atoms with Crippen LogP contribution in [-0.2, 0) is 6.54 Å². The second kappa shape index (κ2) is 8.81. The molecule has 0 bridgehead atoms. The van der Waals surface area contributed by atoms with Gasteiger partial charge < -0.3 is 10.6 Å². The number of para-hydroxylation sites is 1. The summed E-state index contributed by atoms with van der Waals surface area (Å²) in [6.45, 7) is 6.00. The number of hydrogen-bond acceptors (Lipinski definition) is 2. The van der Waals surface area contributed by atoms with Gasteiger partial charge in [-0.25, -0.2) is 0 Å². The molecule has 1 heterocycles. The van der Waals surface area contributed by atoms with E-state index in [0.717, 1.165) is 24.6 Å². The lowest BCUT2D eigenvalue weighted by Crippen LogP contribution is -2.38. The number of hydrogen-bond donors (Lipinski definition) is 2. The van der Waals surface area contributed by atoms with E-state index in [-0.39, 0.29) is 24.0 Å². The fourth-order valence-electron chi connectivity index (χ4n) is 2.01. The zero-order valence-electron chi connectivity index (χ0n) is 12.8. The van der Waals surface area contributed by atoms with Crippen LogP contribution >= 0.6 is 24.0 Å². The van der Waals surface area contributed by atoms with Gasteiger partial charge in [0.15, 0.2) is 5.96 Å². The van der Waals surface area contributed by atoms with Gasteiger partial charge in [-0.2, -0.15) is 0 Å². The van der Waals surface area contributed by atoms with E-state index in [2.05, 4.69) is 40.5 Å². The minimum absolute atomic E-state index is 0. The van der Waals surface area contributed by atoms with Gasteiger partial charge in [0.25, 0.3) is 0 Å². The molecule has 2 aromatic rings. The third-order valence-electron chi connectivity index (χ3n) is 3.09. The molecular formula is C16H23IN4. The van der Waals surface area contributed by atoms with E-state index in [1.165, 1.54) is 10.9 Å². The third-order valence-corrected chi connectivity index (χ3v) is 3.09. The monoisotopic (exact) mass is 398 g/mol. The lowest BCUT2D eigenvalue weighted by atomic mass is 10.1. The van der Waals surface area contributed by atoms with Crippen LogP contribution in [0.1, 0.15) is 19.4 Å². The van der Waals surface area contributed by atoms with Crippen molar-refractivity contribution in [2.75, 3.05) is 13.6 Å². The SMILES string of the molecule is CN=C(NCc1ccnc2ccccc12)NCC(C)C.I. The van der Waals surface area contributed by atoms with Crippen molar-refractivity contribution in [3.05, 3.63) is 42.1 Å². The molecule has 0 radical (unpaired) electrons. The van der Waals surface area contributed by atoms with E-state index in [0.29, 0.717) is 5.92 Å². The Morgan fingerprint density at radius 2 is 1.95 bits per heavy atom. The number of benzene rings is 1. The van der Waals surface area contributed by atoms with Gasteiger partial charge in [0.2, 0.25) is 0 Å². The highest BCUT2D eigenvalue weighted by Crippen LogP contribution is 2.15. The minimum atomic E-state index is 0. The summed E-state index contributed by atoms with van der Waals surface area (Å²) in [5, 5.41) is 7.84. The summed E-state index contributed by atoms with van der Waals surface area (Å²) in [5.41, 5.74) is 2.25. The highest BCUT2D eigenvalue weighted by atomic mass is 127. The standard InChI is InChI=1S/C16H22N4.HI/c1-12(2)10-19-16(17-3)20-11-13-8-9-18-15-7-5-4-6-14(13)15;/h4-9,12H,10-11H2,1-3H3,(H2,17,19,20);1H. The lowest BCUT2D eigenvalue weighted by molar-refractivity contribution is 0.615. The Kier molecular flexibility index (Phi) is 7.42. The third kappa shape index (κ3) is 5.15. The molecule has 0 fully saturated rings. The van der Waals surface area contributed by atoms with Gasteiger partial charge in [-0.05, 0) is 23.6 Å². The molecule has 21 heavy (non-hydrogen) atoms. The average molecular weight is 398 g/mol. The smallest absolute Gasteiger partial charge is 0.191 e. The molecule has 114 valence electrons. The average Bonchev–Trinajstić information content (AvgIpc) is 2.47. The molecule has 0 atom stereocenters. The molecule has 4 nitrogen and oxygen atoms in total. The molecule has 0 aliphatic heterocycles. The van der Waals surface area contributed by atoms with E-state index in [4.69, 9.17) is 0 Å². The highest BCUT2D eigenvalue weighted by Gasteiger charge is 2.03. The summed E-state index contributed by atoms with van der Waals surface area (Å²) in [5.74, 6) is 1.43. The maximum atomic E-state index is 4.38. The lowest BCUT2D eigenvalue weighted by Gasteiger charge is -2.14. The molecule has 1 aromatic heterocycles. The molecule has 2 N–H and O–H groups in total. The molecule has 0 spiro atoms. The fourth-order valence-corrected chi connectivity index (χ4v) is 2.01. The summed E-state index contributed by atoms with van der Waals surface area (Å²) in [7, 11) is 1.79. The maximum absolute atomic E-state index is 4.38. The number of pyridine rings is 1. The Morgan fingerprint density at radius 1 is 1.19 bits per heavy atom. The first-order valence-electron chi connectivity index (χ1n) is 6.98. The number of aliphatic imine (C=N–C) groups is 1. The van der Waals surface area contributed by atoms with Crippen molar-refractivity contribution < 1.29 is 0 Å². The Balaban J connectivity index is 0.00000220. The summed E-state index contributed by atoms with van der Waals surface area (Å²) in [6.07, 6.45) is 1.85. The normalized spacial score (nSPS) is 11.3.